The molecule has 0 fully saturated rings. The van der Waals surface area contributed by atoms with Crippen LogP contribution in [0, 0.1) is 6.08 Å². The number of anilines is 1. The topological polar surface area (TPSA) is 154 Å². The van der Waals surface area contributed by atoms with Crippen molar-refractivity contribution in [1.29, 1.82) is 0 Å². The van der Waals surface area contributed by atoms with Crippen molar-refractivity contribution in [2.75, 3.05) is 12.3 Å². The summed E-state index contributed by atoms with van der Waals surface area (Å²) in [6, 6.07) is 15.5. The molecule has 37 heavy (non-hydrogen) atoms. The van der Waals surface area contributed by atoms with Gasteiger partial charge < -0.3 is 20.4 Å². The normalized spacial score (nSPS) is 11.5. The highest BCUT2D eigenvalue weighted by Gasteiger charge is 2.14. The lowest BCUT2D eigenvalue weighted by Gasteiger charge is -2.09. The van der Waals surface area contributed by atoms with Crippen LogP contribution in [-0.2, 0) is 34.4 Å². The van der Waals surface area contributed by atoms with Crippen LogP contribution < -0.4 is 15.8 Å². The summed E-state index contributed by atoms with van der Waals surface area (Å²) in [6.45, 7) is 1.06. The third-order valence-corrected chi connectivity index (χ3v) is 6.89. The zero-order valence-electron chi connectivity index (χ0n) is 19.8. The summed E-state index contributed by atoms with van der Waals surface area (Å²) < 4.78 is 47.8. The Bertz CT molecular complexity index is 1460. The van der Waals surface area contributed by atoms with Gasteiger partial charge in [-0.2, -0.15) is 14.4 Å². The first-order valence-corrected chi connectivity index (χ1v) is 13.0. The van der Waals surface area contributed by atoms with Crippen LogP contribution in [0.2, 0.25) is 0 Å². The highest BCUT2D eigenvalue weighted by atomic mass is 32.2. The molecule has 4 aromatic rings. The predicted molar refractivity (Wildman–Crippen MR) is 134 cm³/mol. The first kappa shape index (κ1) is 26.0. The first-order chi connectivity index (χ1) is 17.8. The number of hydrogen-bond acceptors (Lipinski definition) is 8. The number of aromatic nitrogens is 4. The molecule has 11 nitrogen and oxygen atoms in total. The Balaban J connectivity index is 1.16. The number of benzene rings is 2. The van der Waals surface area contributed by atoms with E-state index in [9.17, 15) is 17.6 Å². The van der Waals surface area contributed by atoms with Crippen molar-refractivity contribution in [2.24, 2.45) is 0 Å². The number of nitrogen functional groups attached to an aromatic ring is 1. The molecule has 0 aliphatic carbocycles. The van der Waals surface area contributed by atoms with E-state index in [0.717, 1.165) is 11.1 Å². The van der Waals surface area contributed by atoms with E-state index in [1.54, 1.807) is 16.7 Å². The number of fused-ring (bicyclic) bond motifs is 1. The summed E-state index contributed by atoms with van der Waals surface area (Å²) in [7, 11) is -3.66. The predicted octanol–water partition coefficient (Wildman–Crippen LogP) is 2.73. The number of sulfonamides is 1. The fourth-order valence-corrected chi connectivity index (χ4v) is 4.54. The van der Waals surface area contributed by atoms with Crippen LogP contribution in [0.15, 0.2) is 65.8 Å². The van der Waals surface area contributed by atoms with Crippen molar-refractivity contribution < 1.29 is 22.3 Å². The van der Waals surface area contributed by atoms with E-state index in [-0.39, 0.29) is 30.4 Å². The minimum absolute atomic E-state index is 0.0164. The number of nitrogens with one attached hydrogen (secondary N) is 2. The van der Waals surface area contributed by atoms with Crippen LogP contribution in [0.5, 0.6) is 0 Å². The van der Waals surface area contributed by atoms with Crippen molar-refractivity contribution >= 4 is 33.1 Å². The molecule has 0 spiro atoms. The summed E-state index contributed by atoms with van der Waals surface area (Å²) in [4.78, 5) is 23.4. The van der Waals surface area contributed by atoms with E-state index >= 15 is 0 Å². The Morgan fingerprint density at radius 1 is 1.00 bits per heavy atom. The van der Waals surface area contributed by atoms with Gasteiger partial charge in [0.15, 0.2) is 11.5 Å². The molecule has 1 amide bonds. The molecule has 13 heteroatoms. The van der Waals surface area contributed by atoms with Gasteiger partial charge >= 0.3 is 12.2 Å². The molecule has 0 saturated carbocycles. The molecule has 0 radical (unpaired) electrons. The van der Waals surface area contributed by atoms with Gasteiger partial charge in [0.2, 0.25) is 10.0 Å². The summed E-state index contributed by atoms with van der Waals surface area (Å²) >= 11 is 0. The summed E-state index contributed by atoms with van der Waals surface area (Å²) in [5, 5.41) is 2.63. The van der Waals surface area contributed by atoms with E-state index in [0.29, 0.717) is 30.6 Å². The summed E-state index contributed by atoms with van der Waals surface area (Å²) in [6.07, 6.45) is 1.22. The SMILES string of the molecule is Nc1nc(F)nc2c1ncn2CCCCOC(=O)NCc1ccc(S(=O)(=O)NCc2ccccc2)cc1. The number of aryl methyl sites for hydroxylation is 1. The van der Waals surface area contributed by atoms with E-state index in [1.807, 2.05) is 30.3 Å². The summed E-state index contributed by atoms with van der Waals surface area (Å²) in [5.41, 5.74) is 7.88. The lowest BCUT2D eigenvalue weighted by Crippen LogP contribution is -2.25. The van der Waals surface area contributed by atoms with E-state index in [2.05, 4.69) is 25.0 Å². The number of ether oxygens (including phenoxy) is 1. The number of halogens is 1. The van der Waals surface area contributed by atoms with Crippen LogP contribution in [0.4, 0.5) is 15.0 Å². The molecule has 2 aromatic heterocycles. The number of rotatable bonds is 11. The van der Waals surface area contributed by atoms with Gasteiger partial charge in [0.05, 0.1) is 17.8 Å². The molecule has 0 aliphatic heterocycles. The number of imidazole rings is 1. The van der Waals surface area contributed by atoms with Crippen molar-refractivity contribution in [3.05, 3.63) is 78.1 Å². The number of alkyl carbamates (subject to hydrolysis) is 1. The number of carbonyl (C=O) groups excluding carboxylic acids is 1. The van der Waals surface area contributed by atoms with Crippen molar-refractivity contribution in [3.8, 4) is 0 Å². The van der Waals surface area contributed by atoms with Gasteiger partial charge in [-0.15, -0.1) is 0 Å². The van der Waals surface area contributed by atoms with E-state index < -0.39 is 22.2 Å². The Morgan fingerprint density at radius 3 is 2.49 bits per heavy atom. The van der Waals surface area contributed by atoms with Crippen molar-refractivity contribution in [2.45, 2.75) is 37.4 Å². The second-order valence-corrected chi connectivity index (χ2v) is 9.91. The number of nitrogens with zero attached hydrogens (tertiary/aromatic N) is 4. The quantitative estimate of drug-likeness (QED) is 0.199. The monoisotopic (exact) mass is 527 g/mol. The van der Waals surface area contributed by atoms with E-state index in [4.69, 9.17) is 10.5 Å². The molecule has 4 N–H and O–H groups in total. The molecule has 2 aromatic carbocycles. The van der Waals surface area contributed by atoms with E-state index in [1.165, 1.54) is 18.5 Å². The summed E-state index contributed by atoms with van der Waals surface area (Å²) in [5.74, 6) is -0.0164. The third kappa shape index (κ3) is 6.98. The van der Waals surface area contributed by atoms with Crippen molar-refractivity contribution in [3.63, 3.8) is 0 Å². The maximum Gasteiger partial charge on any atom is 0.407 e. The minimum atomic E-state index is -3.66. The maximum atomic E-state index is 13.4. The molecule has 2 heterocycles. The molecular weight excluding hydrogens is 501 g/mol. The van der Waals surface area contributed by atoms with Gasteiger partial charge in [0.1, 0.15) is 5.52 Å². The van der Waals surface area contributed by atoms with Gasteiger partial charge in [0, 0.05) is 19.6 Å². The smallest absolute Gasteiger partial charge is 0.407 e. The van der Waals surface area contributed by atoms with Crippen LogP contribution in [0.25, 0.3) is 11.2 Å². The lowest BCUT2D eigenvalue weighted by atomic mass is 10.2. The maximum absolute atomic E-state index is 13.4. The van der Waals surface area contributed by atoms with Gasteiger partial charge in [-0.25, -0.2) is 22.9 Å². The molecule has 4 rings (SSSR count). The zero-order valence-corrected chi connectivity index (χ0v) is 20.6. The average molecular weight is 528 g/mol. The molecule has 0 saturated heterocycles. The van der Waals surface area contributed by atoms with Crippen LogP contribution in [0.3, 0.4) is 0 Å². The Morgan fingerprint density at radius 2 is 1.73 bits per heavy atom. The van der Waals surface area contributed by atoms with Gasteiger partial charge in [-0.1, -0.05) is 42.5 Å². The van der Waals surface area contributed by atoms with Gasteiger partial charge in [-0.3, -0.25) is 0 Å². The largest absolute Gasteiger partial charge is 0.450 e. The lowest BCUT2D eigenvalue weighted by molar-refractivity contribution is 0.143. The second-order valence-electron chi connectivity index (χ2n) is 8.14. The highest BCUT2D eigenvalue weighted by molar-refractivity contribution is 7.89. The highest BCUT2D eigenvalue weighted by Crippen LogP contribution is 2.16. The number of hydrogen-bond donors (Lipinski definition) is 3. The number of amides is 1. The number of unbranched alkanes of at least 4 members (excludes halogenated alkanes) is 1. The zero-order chi connectivity index (χ0) is 26.3. The average Bonchev–Trinajstić information content (AvgIpc) is 3.30. The van der Waals surface area contributed by atoms with Gasteiger partial charge in [-0.05, 0) is 36.1 Å². The van der Waals surface area contributed by atoms with Crippen LogP contribution in [-0.4, -0.2) is 40.6 Å². The minimum Gasteiger partial charge on any atom is -0.450 e. The third-order valence-electron chi connectivity index (χ3n) is 5.47. The first-order valence-electron chi connectivity index (χ1n) is 11.5. The van der Waals surface area contributed by atoms with Crippen LogP contribution in [0.1, 0.15) is 24.0 Å². The fraction of sp³-hybridized carbons (Fsp3) is 0.250. The van der Waals surface area contributed by atoms with Gasteiger partial charge in [0.25, 0.3) is 0 Å². The van der Waals surface area contributed by atoms with Crippen molar-refractivity contribution in [1.82, 2.24) is 29.6 Å². The van der Waals surface area contributed by atoms with Crippen LogP contribution >= 0.6 is 0 Å². The Kier molecular flexibility index (Phi) is 8.25. The molecular formula is C24H26FN7O4S. The molecule has 0 unspecified atom stereocenters. The standard InChI is InChI=1S/C24H26FN7O4S/c25-23-30-21(26)20-22(31-23)32(16-28-20)12-4-5-13-36-24(33)27-14-18-8-10-19(11-9-18)37(34,35)29-15-17-6-2-1-3-7-17/h1-3,6-11,16,29H,4-5,12-15H2,(H,27,33)(H2,26,30,31). The Hall–Kier alpha value is -4.10. The fourth-order valence-electron chi connectivity index (χ4n) is 3.52. The molecule has 0 atom stereocenters. The molecule has 194 valence electrons. The number of carbonyl (C=O) groups is 1. The molecule has 0 aliphatic rings. The number of nitrogens with two attached hydrogens (primary N) is 1. The Labute approximate surface area is 213 Å². The molecule has 0 bridgehead atoms. The second kappa shape index (κ2) is 11.8.